The Kier molecular flexibility index (Phi) is 2.14. The van der Waals surface area contributed by atoms with Crippen LogP contribution in [0.4, 0.5) is 0 Å². The Bertz CT molecular complexity index is 560. The molecule has 2 N–H and O–H groups in total. The summed E-state index contributed by atoms with van der Waals surface area (Å²) >= 11 is 0. The number of pyridine rings is 1. The first kappa shape index (κ1) is 9.64. The van der Waals surface area contributed by atoms with Crippen LogP contribution in [0.15, 0.2) is 30.9 Å². The van der Waals surface area contributed by atoms with Gasteiger partial charge in [0.25, 0.3) is 0 Å². The van der Waals surface area contributed by atoms with Crippen molar-refractivity contribution in [1.82, 2.24) is 30.8 Å². The van der Waals surface area contributed by atoms with Crippen molar-refractivity contribution in [3.05, 3.63) is 30.9 Å². The van der Waals surface area contributed by atoms with Crippen molar-refractivity contribution in [2.45, 2.75) is 0 Å². The normalized spacial score (nSPS) is 10.6. The number of hydrogen-bond donors (Lipinski definition) is 2. The number of aromatic amines is 2. The highest BCUT2D eigenvalue weighted by Crippen LogP contribution is 2.20. The molecule has 0 fully saturated rings. The van der Waals surface area contributed by atoms with Crippen LogP contribution in [-0.4, -0.2) is 30.8 Å². The van der Waals surface area contributed by atoms with Gasteiger partial charge in [-0.2, -0.15) is 30.8 Å². The molecule has 0 aliphatic carbocycles. The fraction of sp³-hybridized carbons (Fsp3) is 0.100. The third-order valence-electron chi connectivity index (χ3n) is 2.42. The summed E-state index contributed by atoms with van der Waals surface area (Å²) in [4.78, 5) is 0. The van der Waals surface area contributed by atoms with E-state index in [1.807, 2.05) is 30.1 Å². The van der Waals surface area contributed by atoms with Crippen LogP contribution in [0.5, 0.6) is 0 Å². The molecule has 84 valence electrons. The minimum absolute atomic E-state index is 0.797. The second-order valence-electron chi connectivity index (χ2n) is 3.69. The number of aromatic nitrogens is 7. The van der Waals surface area contributed by atoms with E-state index in [1.165, 1.54) is 0 Å². The summed E-state index contributed by atoms with van der Waals surface area (Å²) in [6, 6.07) is 2.00. The lowest BCUT2D eigenvalue weighted by Gasteiger charge is -1.98. The zero-order chi connectivity index (χ0) is 11.7. The van der Waals surface area contributed by atoms with Gasteiger partial charge < -0.3 is 0 Å². The van der Waals surface area contributed by atoms with Gasteiger partial charge in [0, 0.05) is 0 Å². The van der Waals surface area contributed by atoms with Crippen LogP contribution in [0.1, 0.15) is 0 Å². The Labute approximate surface area is 96.5 Å². The quantitative estimate of drug-likeness (QED) is 0.608. The molecule has 0 unspecified atom stereocenters. The molecule has 0 saturated heterocycles. The van der Waals surface area contributed by atoms with Crippen molar-refractivity contribution >= 4 is 0 Å². The zero-order valence-electron chi connectivity index (χ0n) is 9.12. The van der Waals surface area contributed by atoms with E-state index in [2.05, 4.69) is 30.8 Å². The molecule has 17 heavy (non-hydrogen) atoms. The molecule has 0 amide bonds. The van der Waals surface area contributed by atoms with Gasteiger partial charge in [-0.05, 0) is 6.07 Å². The Morgan fingerprint density at radius 2 is 1.47 bits per heavy atom. The Hall–Kier alpha value is -2.57. The van der Waals surface area contributed by atoms with Gasteiger partial charge in [0.15, 0.2) is 12.4 Å². The highest BCUT2D eigenvalue weighted by Gasteiger charge is 2.11. The van der Waals surface area contributed by atoms with Crippen LogP contribution in [0.2, 0.25) is 0 Å². The monoisotopic (exact) mass is 228 g/mol. The van der Waals surface area contributed by atoms with Gasteiger partial charge in [-0.3, -0.25) is 0 Å². The molecule has 3 aromatic rings. The second-order valence-corrected chi connectivity index (χ2v) is 3.69. The fourth-order valence-electron chi connectivity index (χ4n) is 1.68. The Morgan fingerprint density at radius 3 is 1.88 bits per heavy atom. The van der Waals surface area contributed by atoms with Gasteiger partial charge in [-0.25, -0.2) is 4.57 Å². The molecule has 0 aromatic carbocycles. The maximum Gasteiger partial charge on any atom is 0.178 e. The van der Waals surface area contributed by atoms with E-state index in [-0.39, 0.29) is 0 Å². The predicted octanol–water partition coefficient (Wildman–Crippen LogP) is 0.0813. The Morgan fingerprint density at radius 1 is 0.941 bits per heavy atom. The van der Waals surface area contributed by atoms with Crippen molar-refractivity contribution in [2.75, 3.05) is 0 Å². The van der Waals surface area contributed by atoms with Gasteiger partial charge in [-0.1, -0.05) is 0 Å². The van der Waals surface area contributed by atoms with E-state index < -0.39 is 0 Å². The Balaban J connectivity index is 2.13. The van der Waals surface area contributed by atoms with Crippen molar-refractivity contribution in [2.24, 2.45) is 7.05 Å². The molecular formula is C10H10N7+. The number of hydrogen-bond acceptors (Lipinski definition) is 4. The zero-order valence-corrected chi connectivity index (χ0v) is 9.12. The first-order chi connectivity index (χ1) is 8.33. The van der Waals surface area contributed by atoms with Crippen LogP contribution in [0.25, 0.3) is 22.5 Å². The van der Waals surface area contributed by atoms with Gasteiger partial charge >= 0.3 is 0 Å². The molecule has 0 aliphatic heterocycles. The van der Waals surface area contributed by atoms with Gasteiger partial charge in [0.2, 0.25) is 0 Å². The maximum atomic E-state index is 4.06. The molecule has 3 rings (SSSR count). The molecule has 0 radical (unpaired) electrons. The summed E-state index contributed by atoms with van der Waals surface area (Å²) in [5.41, 5.74) is 3.54. The number of H-pyrrole nitrogens is 2. The van der Waals surface area contributed by atoms with Gasteiger partial charge in [0.05, 0.1) is 23.5 Å². The summed E-state index contributed by atoms with van der Waals surface area (Å²) in [5, 5.41) is 20.9. The molecule has 0 atom stereocenters. The number of rotatable bonds is 2. The molecular weight excluding hydrogens is 218 g/mol. The van der Waals surface area contributed by atoms with Crippen LogP contribution in [0, 0.1) is 0 Å². The smallest absolute Gasteiger partial charge is 0.178 e. The summed E-state index contributed by atoms with van der Waals surface area (Å²) in [6.45, 7) is 0. The highest BCUT2D eigenvalue weighted by molar-refractivity contribution is 5.65. The minimum atomic E-state index is 0.797. The van der Waals surface area contributed by atoms with E-state index >= 15 is 0 Å². The molecule has 0 aliphatic rings. The molecule has 3 heterocycles. The summed E-state index contributed by atoms with van der Waals surface area (Å²) in [7, 11) is 1.95. The van der Waals surface area contributed by atoms with Crippen molar-refractivity contribution in [3.8, 4) is 22.5 Å². The van der Waals surface area contributed by atoms with E-state index in [1.54, 1.807) is 12.4 Å². The molecule has 0 spiro atoms. The average Bonchev–Trinajstić information content (AvgIpc) is 3.02. The molecule has 0 saturated carbocycles. The summed E-state index contributed by atoms with van der Waals surface area (Å²) < 4.78 is 1.95. The predicted molar refractivity (Wildman–Crippen MR) is 58.4 cm³/mol. The molecule has 0 bridgehead atoms. The van der Waals surface area contributed by atoms with Crippen LogP contribution in [0.3, 0.4) is 0 Å². The van der Waals surface area contributed by atoms with Gasteiger partial charge in [0.1, 0.15) is 18.4 Å². The van der Waals surface area contributed by atoms with Gasteiger partial charge in [-0.15, -0.1) is 0 Å². The molecule has 7 heteroatoms. The average molecular weight is 228 g/mol. The third-order valence-corrected chi connectivity index (χ3v) is 2.42. The first-order valence-corrected chi connectivity index (χ1v) is 5.05. The van der Waals surface area contributed by atoms with E-state index in [9.17, 15) is 0 Å². The summed E-state index contributed by atoms with van der Waals surface area (Å²) in [6.07, 6.45) is 7.31. The van der Waals surface area contributed by atoms with E-state index in [0.717, 1.165) is 22.5 Å². The first-order valence-electron chi connectivity index (χ1n) is 5.05. The number of aryl methyl sites for hydroxylation is 1. The highest BCUT2D eigenvalue weighted by atomic mass is 15.3. The minimum Gasteiger partial charge on any atom is -0.207 e. The molecule has 3 aromatic heterocycles. The van der Waals surface area contributed by atoms with Crippen LogP contribution in [-0.2, 0) is 7.05 Å². The molecule has 7 nitrogen and oxygen atoms in total. The lowest BCUT2D eigenvalue weighted by molar-refractivity contribution is -0.670. The SMILES string of the molecule is C[n+]1cc(-c2cn[nH]n2)cc(-c2cn[nH]n2)c1. The standard InChI is InChI=1S/C10H10N7/c1-17-5-7(9-3-11-15-13-9)2-8(6-17)10-4-12-16-14-10/h2-6H,1H3,(H,11,13,15)(H,12,14,16)/q+1. The third kappa shape index (κ3) is 1.78. The number of nitrogens with zero attached hydrogens (tertiary/aromatic N) is 5. The fourth-order valence-corrected chi connectivity index (χ4v) is 1.68. The van der Waals surface area contributed by atoms with E-state index in [4.69, 9.17) is 0 Å². The lowest BCUT2D eigenvalue weighted by atomic mass is 10.1. The van der Waals surface area contributed by atoms with Crippen molar-refractivity contribution in [1.29, 1.82) is 0 Å². The largest absolute Gasteiger partial charge is 0.207 e. The van der Waals surface area contributed by atoms with Crippen LogP contribution < -0.4 is 4.57 Å². The lowest BCUT2D eigenvalue weighted by Crippen LogP contribution is -2.27. The summed E-state index contributed by atoms with van der Waals surface area (Å²) in [5.74, 6) is 0. The topological polar surface area (TPSA) is 87.0 Å². The van der Waals surface area contributed by atoms with E-state index in [0.29, 0.717) is 0 Å². The van der Waals surface area contributed by atoms with Crippen molar-refractivity contribution < 1.29 is 4.57 Å². The second kappa shape index (κ2) is 3.78. The number of nitrogens with one attached hydrogen (secondary N) is 2. The maximum absolute atomic E-state index is 4.06. The van der Waals surface area contributed by atoms with Crippen molar-refractivity contribution in [3.63, 3.8) is 0 Å². The van der Waals surface area contributed by atoms with Crippen LogP contribution >= 0.6 is 0 Å².